The number of anilines is 2. The number of hydrogen-bond acceptors (Lipinski definition) is 8. The molecule has 0 saturated heterocycles. The van der Waals surface area contributed by atoms with Gasteiger partial charge in [0, 0.05) is 30.6 Å². The Kier molecular flexibility index (Phi) is 6.27. The molecule has 1 aliphatic rings. The quantitative estimate of drug-likeness (QED) is 0.358. The molecular formula is C21H28N8O3S. The average molecular weight is 473 g/mol. The number of rotatable bonds is 9. The lowest BCUT2D eigenvalue weighted by atomic mass is 9.80. The smallest absolute Gasteiger partial charge is 0.268 e. The second kappa shape index (κ2) is 8.99. The lowest BCUT2D eigenvalue weighted by molar-refractivity contribution is 0.105. The van der Waals surface area contributed by atoms with Crippen LogP contribution in [0.15, 0.2) is 12.3 Å². The van der Waals surface area contributed by atoms with E-state index in [1.807, 2.05) is 30.8 Å². The largest absolute Gasteiger partial charge is 0.392 e. The van der Waals surface area contributed by atoms with Gasteiger partial charge in [-0.1, -0.05) is 6.92 Å². The Hall–Kier alpha value is -3.17. The molecule has 1 fully saturated rings. The summed E-state index contributed by atoms with van der Waals surface area (Å²) in [6.07, 6.45) is 6.25. The summed E-state index contributed by atoms with van der Waals surface area (Å²) in [5.41, 5.74) is 9.89. The van der Waals surface area contributed by atoms with Crippen LogP contribution in [-0.2, 0) is 27.1 Å². The molecule has 0 spiro atoms. The number of nitrogens with two attached hydrogens (primary N) is 1. The van der Waals surface area contributed by atoms with Gasteiger partial charge in [0.15, 0.2) is 5.65 Å². The molecule has 11 nitrogen and oxygen atoms in total. The topological polar surface area (TPSA) is 134 Å². The summed E-state index contributed by atoms with van der Waals surface area (Å²) >= 11 is 0. The Morgan fingerprint density at radius 1 is 1.36 bits per heavy atom. The van der Waals surface area contributed by atoms with Crippen molar-refractivity contribution in [2.45, 2.75) is 45.6 Å². The second-order valence-corrected chi connectivity index (χ2v) is 9.96. The van der Waals surface area contributed by atoms with Crippen molar-refractivity contribution >= 4 is 33.1 Å². The van der Waals surface area contributed by atoms with Gasteiger partial charge in [0.05, 0.1) is 36.9 Å². The predicted molar refractivity (Wildman–Crippen MR) is 125 cm³/mol. The lowest BCUT2D eigenvalue weighted by Crippen LogP contribution is -2.33. The molecule has 0 aliphatic heterocycles. The SMILES string of the molecule is [C-]#[N+]c1c(NCCc2ccn(C3CCC3COS(C)(=O)=O)n2)nc2c(CC)c(C)nn2c1N. The molecule has 2 unspecified atom stereocenters. The highest BCUT2D eigenvalue weighted by Gasteiger charge is 2.34. The van der Waals surface area contributed by atoms with E-state index in [0.717, 1.165) is 42.5 Å². The van der Waals surface area contributed by atoms with Gasteiger partial charge in [-0.25, -0.2) is 14.3 Å². The van der Waals surface area contributed by atoms with Crippen molar-refractivity contribution < 1.29 is 12.6 Å². The first kappa shape index (κ1) is 23.0. The fourth-order valence-corrected chi connectivity index (χ4v) is 4.59. The standard InChI is InChI=1S/C21H28N8O3S/c1-5-16-13(2)26-29-19(22)18(23-3)20(25-21(16)29)24-10-8-15-9-11-28(27-15)17-7-6-14(17)12-32-33(4,30)31/h9,11,14,17H,5-8,10,12,22H2,1-2,4H3,(H,24,25). The Balaban J connectivity index is 1.42. The first-order valence-electron chi connectivity index (χ1n) is 10.9. The first-order valence-corrected chi connectivity index (χ1v) is 12.7. The van der Waals surface area contributed by atoms with Crippen LogP contribution in [0.4, 0.5) is 17.3 Å². The summed E-state index contributed by atoms with van der Waals surface area (Å²) in [6.45, 7) is 12.2. The summed E-state index contributed by atoms with van der Waals surface area (Å²) in [6, 6.07) is 2.09. The fourth-order valence-electron chi connectivity index (χ4n) is 4.17. The Morgan fingerprint density at radius 2 is 2.15 bits per heavy atom. The number of aryl methyl sites for hydroxylation is 2. The number of aromatic nitrogens is 5. The highest BCUT2D eigenvalue weighted by atomic mass is 32.2. The molecule has 3 aromatic rings. The summed E-state index contributed by atoms with van der Waals surface area (Å²) in [5.74, 6) is 0.857. The van der Waals surface area contributed by atoms with Crippen molar-refractivity contribution in [2.75, 3.05) is 30.5 Å². The second-order valence-electron chi connectivity index (χ2n) is 8.32. The van der Waals surface area contributed by atoms with Crippen molar-refractivity contribution in [1.82, 2.24) is 24.4 Å². The van der Waals surface area contributed by atoms with Crippen LogP contribution in [0.3, 0.4) is 0 Å². The van der Waals surface area contributed by atoms with E-state index in [0.29, 0.717) is 24.4 Å². The third-order valence-electron chi connectivity index (χ3n) is 6.09. The summed E-state index contributed by atoms with van der Waals surface area (Å²) in [5, 5.41) is 12.3. The minimum absolute atomic E-state index is 0.137. The van der Waals surface area contributed by atoms with Crippen LogP contribution in [-0.4, -0.2) is 52.2 Å². The Labute approximate surface area is 192 Å². The zero-order valence-electron chi connectivity index (χ0n) is 18.9. The Morgan fingerprint density at radius 3 is 2.79 bits per heavy atom. The maximum absolute atomic E-state index is 11.2. The van der Waals surface area contributed by atoms with Gasteiger partial charge < -0.3 is 11.1 Å². The van der Waals surface area contributed by atoms with Gasteiger partial charge in [-0.05, 0) is 32.3 Å². The van der Waals surface area contributed by atoms with Crippen molar-refractivity contribution in [3.8, 4) is 0 Å². The van der Waals surface area contributed by atoms with E-state index in [1.54, 1.807) is 0 Å². The molecule has 176 valence electrons. The van der Waals surface area contributed by atoms with Gasteiger partial charge in [-0.3, -0.25) is 8.86 Å². The maximum atomic E-state index is 11.2. The highest BCUT2D eigenvalue weighted by molar-refractivity contribution is 7.85. The fraction of sp³-hybridized carbons (Fsp3) is 0.524. The average Bonchev–Trinajstić information content (AvgIpc) is 3.30. The van der Waals surface area contributed by atoms with Gasteiger partial charge in [-0.15, -0.1) is 0 Å². The van der Waals surface area contributed by atoms with E-state index in [2.05, 4.69) is 25.3 Å². The molecule has 12 heteroatoms. The monoisotopic (exact) mass is 472 g/mol. The summed E-state index contributed by atoms with van der Waals surface area (Å²) in [4.78, 5) is 8.21. The van der Waals surface area contributed by atoms with Crippen LogP contribution < -0.4 is 11.1 Å². The van der Waals surface area contributed by atoms with Crippen LogP contribution in [0.25, 0.3) is 10.5 Å². The normalized spacial score (nSPS) is 18.2. The molecule has 0 radical (unpaired) electrons. The molecule has 3 N–H and O–H groups in total. The molecule has 1 aliphatic carbocycles. The highest BCUT2D eigenvalue weighted by Crippen LogP contribution is 2.38. The summed E-state index contributed by atoms with van der Waals surface area (Å²) in [7, 11) is -3.44. The third-order valence-corrected chi connectivity index (χ3v) is 6.65. The molecule has 0 bridgehead atoms. The van der Waals surface area contributed by atoms with Crippen LogP contribution in [0.5, 0.6) is 0 Å². The molecule has 0 amide bonds. The molecule has 4 rings (SSSR count). The Bertz CT molecular complexity index is 1320. The number of nitrogens with one attached hydrogen (secondary N) is 1. The molecule has 3 heterocycles. The predicted octanol–water partition coefficient (Wildman–Crippen LogP) is 2.51. The minimum Gasteiger partial charge on any atom is -0.392 e. The van der Waals surface area contributed by atoms with E-state index < -0.39 is 10.1 Å². The zero-order chi connectivity index (χ0) is 23.8. The van der Waals surface area contributed by atoms with Gasteiger partial charge >= 0.3 is 0 Å². The lowest BCUT2D eigenvalue weighted by Gasteiger charge is -2.36. The molecule has 2 atom stereocenters. The van der Waals surface area contributed by atoms with E-state index in [9.17, 15) is 8.42 Å². The summed E-state index contributed by atoms with van der Waals surface area (Å²) < 4.78 is 30.9. The van der Waals surface area contributed by atoms with E-state index in [1.165, 1.54) is 4.52 Å². The zero-order valence-corrected chi connectivity index (χ0v) is 19.8. The molecule has 0 aromatic carbocycles. The van der Waals surface area contributed by atoms with E-state index >= 15 is 0 Å². The van der Waals surface area contributed by atoms with Gasteiger partial charge in [-0.2, -0.15) is 18.6 Å². The molecule has 3 aromatic heterocycles. The molecular weight excluding hydrogens is 444 g/mol. The van der Waals surface area contributed by atoms with Crippen molar-refractivity contribution in [1.29, 1.82) is 0 Å². The van der Waals surface area contributed by atoms with E-state index in [-0.39, 0.29) is 30.1 Å². The van der Waals surface area contributed by atoms with Crippen LogP contribution in [0, 0.1) is 19.4 Å². The van der Waals surface area contributed by atoms with Crippen molar-refractivity contribution in [3.05, 3.63) is 40.6 Å². The van der Waals surface area contributed by atoms with Crippen molar-refractivity contribution in [2.24, 2.45) is 5.92 Å². The number of hydrogen-bond donors (Lipinski definition) is 2. The van der Waals surface area contributed by atoms with Crippen LogP contribution in [0.2, 0.25) is 0 Å². The van der Waals surface area contributed by atoms with Crippen LogP contribution >= 0.6 is 0 Å². The first-order chi connectivity index (χ1) is 15.7. The van der Waals surface area contributed by atoms with Gasteiger partial charge in [0.25, 0.3) is 15.8 Å². The van der Waals surface area contributed by atoms with E-state index in [4.69, 9.17) is 16.5 Å². The molecule has 1 saturated carbocycles. The maximum Gasteiger partial charge on any atom is 0.268 e. The number of nitrogen functional groups attached to an aromatic ring is 1. The number of fused-ring (bicyclic) bond motifs is 1. The number of nitrogens with zero attached hydrogens (tertiary/aromatic N) is 6. The van der Waals surface area contributed by atoms with Crippen LogP contribution in [0.1, 0.15) is 42.8 Å². The minimum atomic E-state index is -3.44. The van der Waals surface area contributed by atoms with Crippen molar-refractivity contribution in [3.63, 3.8) is 0 Å². The van der Waals surface area contributed by atoms with Gasteiger partial charge in [0.1, 0.15) is 11.6 Å². The molecule has 33 heavy (non-hydrogen) atoms. The van der Waals surface area contributed by atoms with Gasteiger partial charge in [0.2, 0.25) is 0 Å². The third kappa shape index (κ3) is 4.65.